The summed E-state index contributed by atoms with van der Waals surface area (Å²) in [5.74, 6) is 0.792. The molecule has 0 aromatic rings. The molecule has 0 saturated carbocycles. The van der Waals surface area contributed by atoms with Gasteiger partial charge in [0.1, 0.15) is 0 Å². The number of nitrogens with one attached hydrogen (secondary N) is 2. The fourth-order valence-corrected chi connectivity index (χ4v) is 1.38. The Bertz CT molecular complexity index is 149. The lowest BCUT2D eigenvalue weighted by atomic mass is 9.90. The average Bonchev–Trinajstić information content (AvgIpc) is 2.09. The zero-order valence-electron chi connectivity index (χ0n) is 4.99. The van der Waals surface area contributed by atoms with E-state index in [9.17, 15) is 0 Å². The van der Waals surface area contributed by atoms with E-state index in [2.05, 4.69) is 17.6 Å². The summed E-state index contributed by atoms with van der Waals surface area (Å²) in [7, 11) is 0. The van der Waals surface area contributed by atoms with Crippen LogP contribution in [0, 0.1) is 5.92 Å². The lowest BCUT2D eigenvalue weighted by Crippen LogP contribution is -2.20. The van der Waals surface area contributed by atoms with Crippen LogP contribution in [0.1, 0.15) is 13.3 Å². The summed E-state index contributed by atoms with van der Waals surface area (Å²) >= 11 is 0. The van der Waals surface area contributed by atoms with Gasteiger partial charge >= 0.3 is 0 Å². The molecule has 0 spiro atoms. The fraction of sp³-hybridized carbons (Fsp3) is 0.667. The maximum absolute atomic E-state index is 3.27. The Morgan fingerprint density at radius 2 is 2.38 bits per heavy atom. The van der Waals surface area contributed by atoms with Crippen LogP contribution in [0.4, 0.5) is 0 Å². The second-order valence-corrected chi connectivity index (χ2v) is 2.53. The molecule has 0 fully saturated rings. The second-order valence-electron chi connectivity index (χ2n) is 2.53. The predicted molar refractivity (Wildman–Crippen MR) is 31.9 cm³/mol. The summed E-state index contributed by atoms with van der Waals surface area (Å²) < 4.78 is 0. The Hall–Kier alpha value is -0.660. The number of allylic oxidation sites excluding steroid dienone is 2. The molecule has 2 rings (SSSR count). The van der Waals surface area contributed by atoms with Gasteiger partial charge < -0.3 is 10.6 Å². The van der Waals surface area contributed by atoms with Crippen LogP contribution in [0.3, 0.4) is 0 Å². The largest absolute Gasteiger partial charge is 0.370 e. The third kappa shape index (κ3) is 0.335. The van der Waals surface area contributed by atoms with Crippen LogP contribution < -0.4 is 10.6 Å². The van der Waals surface area contributed by atoms with Crippen LogP contribution in [0.5, 0.6) is 0 Å². The molecule has 1 aliphatic heterocycles. The predicted octanol–water partition coefficient (Wildman–Crippen LogP) is 0.388. The standard InChI is InChI=1S/C6H10N2/c1-4-2-5-6(4)8-3-7-5/h4,7-8H,2-3H2,1H3. The van der Waals surface area contributed by atoms with Gasteiger partial charge in [-0.1, -0.05) is 6.92 Å². The van der Waals surface area contributed by atoms with Crippen molar-refractivity contribution in [3.8, 4) is 0 Å². The van der Waals surface area contributed by atoms with Gasteiger partial charge in [-0.15, -0.1) is 0 Å². The van der Waals surface area contributed by atoms with Crippen molar-refractivity contribution in [2.45, 2.75) is 13.3 Å². The summed E-state index contributed by atoms with van der Waals surface area (Å²) in [5.41, 5.74) is 2.89. The first kappa shape index (κ1) is 4.24. The van der Waals surface area contributed by atoms with E-state index in [1.165, 1.54) is 17.8 Å². The van der Waals surface area contributed by atoms with E-state index in [0.717, 1.165) is 12.6 Å². The smallest absolute Gasteiger partial charge is 0.0845 e. The van der Waals surface area contributed by atoms with Crippen LogP contribution in [0.15, 0.2) is 11.4 Å². The van der Waals surface area contributed by atoms with Gasteiger partial charge in [0.25, 0.3) is 0 Å². The summed E-state index contributed by atoms with van der Waals surface area (Å²) in [6.07, 6.45) is 1.25. The Kier molecular flexibility index (Phi) is 0.629. The van der Waals surface area contributed by atoms with Gasteiger partial charge in [-0.25, -0.2) is 0 Å². The van der Waals surface area contributed by atoms with Gasteiger partial charge in [0.05, 0.1) is 6.67 Å². The minimum absolute atomic E-state index is 0.792. The molecule has 1 heterocycles. The van der Waals surface area contributed by atoms with Gasteiger partial charge in [0, 0.05) is 17.3 Å². The van der Waals surface area contributed by atoms with Gasteiger partial charge in [-0.2, -0.15) is 0 Å². The Morgan fingerprint density at radius 3 is 2.88 bits per heavy atom. The second kappa shape index (κ2) is 1.19. The van der Waals surface area contributed by atoms with E-state index in [4.69, 9.17) is 0 Å². The van der Waals surface area contributed by atoms with E-state index in [-0.39, 0.29) is 0 Å². The van der Waals surface area contributed by atoms with Crippen LogP contribution >= 0.6 is 0 Å². The van der Waals surface area contributed by atoms with E-state index in [0.29, 0.717) is 0 Å². The average molecular weight is 110 g/mol. The minimum atomic E-state index is 0.792. The highest BCUT2D eigenvalue weighted by atomic mass is 15.2. The molecule has 0 amide bonds. The van der Waals surface area contributed by atoms with Crippen LogP contribution in [-0.4, -0.2) is 6.67 Å². The molecule has 2 N–H and O–H groups in total. The van der Waals surface area contributed by atoms with Crippen molar-refractivity contribution in [2.24, 2.45) is 5.92 Å². The third-order valence-corrected chi connectivity index (χ3v) is 1.91. The quantitative estimate of drug-likeness (QED) is 0.471. The first-order valence-corrected chi connectivity index (χ1v) is 3.08. The highest BCUT2D eigenvalue weighted by molar-refractivity contribution is 5.28. The fourth-order valence-electron chi connectivity index (χ4n) is 1.38. The molecule has 2 heteroatoms. The summed E-state index contributed by atoms with van der Waals surface area (Å²) in [4.78, 5) is 0. The maximum Gasteiger partial charge on any atom is 0.0845 e. The van der Waals surface area contributed by atoms with E-state index in [1.54, 1.807) is 0 Å². The summed E-state index contributed by atoms with van der Waals surface area (Å²) in [6, 6.07) is 0. The molecule has 0 radical (unpaired) electrons. The highest BCUT2D eigenvalue weighted by Gasteiger charge is 2.28. The molecule has 2 nitrogen and oxygen atoms in total. The lowest BCUT2D eigenvalue weighted by Gasteiger charge is -2.23. The molecular weight excluding hydrogens is 100 g/mol. The van der Waals surface area contributed by atoms with E-state index in [1.807, 2.05) is 0 Å². The first-order chi connectivity index (χ1) is 3.88. The number of hydrogen-bond donors (Lipinski definition) is 2. The van der Waals surface area contributed by atoms with Gasteiger partial charge in [0.2, 0.25) is 0 Å². The summed E-state index contributed by atoms with van der Waals surface area (Å²) in [5, 5.41) is 6.53. The molecular formula is C6H10N2. The van der Waals surface area contributed by atoms with E-state index < -0.39 is 0 Å². The van der Waals surface area contributed by atoms with Crippen LogP contribution in [0.25, 0.3) is 0 Å². The maximum atomic E-state index is 3.27. The minimum Gasteiger partial charge on any atom is -0.370 e. The van der Waals surface area contributed by atoms with Gasteiger partial charge in [0.15, 0.2) is 0 Å². The van der Waals surface area contributed by atoms with E-state index >= 15 is 0 Å². The summed E-state index contributed by atoms with van der Waals surface area (Å²) in [6.45, 7) is 3.20. The zero-order valence-corrected chi connectivity index (χ0v) is 4.99. The molecule has 0 saturated heterocycles. The molecule has 0 aromatic carbocycles. The van der Waals surface area contributed by atoms with Crippen molar-refractivity contribution in [3.63, 3.8) is 0 Å². The van der Waals surface area contributed by atoms with Crippen molar-refractivity contribution in [3.05, 3.63) is 11.4 Å². The highest BCUT2D eigenvalue weighted by Crippen LogP contribution is 2.32. The molecule has 0 bridgehead atoms. The first-order valence-electron chi connectivity index (χ1n) is 3.08. The SMILES string of the molecule is CC1CC2=C1NCN2. The molecule has 1 atom stereocenters. The van der Waals surface area contributed by atoms with Crippen molar-refractivity contribution in [1.82, 2.24) is 10.6 Å². The molecule has 1 unspecified atom stereocenters. The zero-order chi connectivity index (χ0) is 5.56. The molecule has 8 heavy (non-hydrogen) atoms. The van der Waals surface area contributed by atoms with Crippen molar-refractivity contribution >= 4 is 0 Å². The Morgan fingerprint density at radius 1 is 1.50 bits per heavy atom. The lowest BCUT2D eigenvalue weighted by molar-refractivity contribution is 0.559. The Labute approximate surface area is 49.0 Å². The normalized spacial score (nSPS) is 32.9. The van der Waals surface area contributed by atoms with Crippen molar-refractivity contribution in [2.75, 3.05) is 6.67 Å². The molecule has 2 aliphatic rings. The van der Waals surface area contributed by atoms with Crippen LogP contribution in [-0.2, 0) is 0 Å². The van der Waals surface area contributed by atoms with Crippen molar-refractivity contribution < 1.29 is 0 Å². The number of rotatable bonds is 0. The Balaban J connectivity index is 2.24. The monoisotopic (exact) mass is 110 g/mol. The molecule has 0 aromatic heterocycles. The topological polar surface area (TPSA) is 24.1 Å². The van der Waals surface area contributed by atoms with Crippen LogP contribution in [0.2, 0.25) is 0 Å². The third-order valence-electron chi connectivity index (χ3n) is 1.91. The van der Waals surface area contributed by atoms with Gasteiger partial charge in [-0.05, 0) is 6.42 Å². The van der Waals surface area contributed by atoms with Gasteiger partial charge in [-0.3, -0.25) is 0 Å². The number of hydrogen-bond acceptors (Lipinski definition) is 2. The van der Waals surface area contributed by atoms with Crippen molar-refractivity contribution in [1.29, 1.82) is 0 Å². The molecule has 44 valence electrons. The molecule has 1 aliphatic carbocycles.